The molecular formula is C13H13BrN2OS. The fourth-order valence-corrected chi connectivity index (χ4v) is 2.72. The van der Waals surface area contributed by atoms with Crippen LogP contribution in [0.5, 0.6) is 5.75 Å². The lowest BCUT2D eigenvalue weighted by molar-refractivity contribution is 0.411. The smallest absolute Gasteiger partial charge is 0.122 e. The minimum absolute atomic E-state index is 0.680. The summed E-state index contributed by atoms with van der Waals surface area (Å²) in [5.41, 5.74) is 7.42. The summed E-state index contributed by atoms with van der Waals surface area (Å²) in [6.07, 6.45) is 1.67. The molecule has 1 heterocycles. The minimum Gasteiger partial charge on any atom is -0.496 e. The number of nitrogens with zero attached hydrogens (tertiary/aromatic N) is 1. The fraction of sp³-hybridized carbons (Fsp3) is 0.154. The van der Waals surface area contributed by atoms with Crippen molar-refractivity contribution in [1.82, 2.24) is 4.98 Å². The predicted molar refractivity (Wildman–Crippen MR) is 78.9 cm³/mol. The molecule has 2 aromatic rings. The average molecular weight is 325 g/mol. The number of rotatable bonds is 4. The van der Waals surface area contributed by atoms with Crippen LogP contribution in [0.1, 0.15) is 5.56 Å². The lowest BCUT2D eigenvalue weighted by Gasteiger charge is -2.08. The predicted octanol–water partition coefficient (Wildman–Crippen LogP) is 3.73. The summed E-state index contributed by atoms with van der Waals surface area (Å²) in [5.74, 6) is 1.70. The Labute approximate surface area is 119 Å². The van der Waals surface area contributed by atoms with E-state index < -0.39 is 0 Å². The number of anilines is 1. The van der Waals surface area contributed by atoms with Crippen LogP contribution in [0.25, 0.3) is 0 Å². The van der Waals surface area contributed by atoms with Crippen LogP contribution in [0, 0.1) is 0 Å². The van der Waals surface area contributed by atoms with Crippen molar-refractivity contribution in [3.63, 3.8) is 0 Å². The first kappa shape index (κ1) is 13.2. The maximum absolute atomic E-state index is 5.60. The molecule has 2 rings (SSSR count). The van der Waals surface area contributed by atoms with E-state index in [1.165, 1.54) is 0 Å². The van der Waals surface area contributed by atoms with Crippen molar-refractivity contribution in [2.24, 2.45) is 0 Å². The lowest BCUT2D eigenvalue weighted by atomic mass is 10.2. The molecule has 0 saturated carbocycles. The highest BCUT2D eigenvalue weighted by molar-refractivity contribution is 9.10. The minimum atomic E-state index is 0.680. The number of nitrogen functional groups attached to an aromatic ring is 1. The van der Waals surface area contributed by atoms with Crippen molar-refractivity contribution in [2.75, 3.05) is 12.8 Å². The van der Waals surface area contributed by atoms with E-state index in [1.54, 1.807) is 25.1 Å². The van der Waals surface area contributed by atoms with E-state index in [1.807, 2.05) is 24.3 Å². The van der Waals surface area contributed by atoms with E-state index in [9.17, 15) is 0 Å². The van der Waals surface area contributed by atoms with Crippen molar-refractivity contribution < 1.29 is 4.74 Å². The molecule has 0 aliphatic carbocycles. The Hall–Kier alpha value is -1.20. The largest absolute Gasteiger partial charge is 0.496 e. The molecule has 0 saturated heterocycles. The van der Waals surface area contributed by atoms with Gasteiger partial charge in [-0.25, -0.2) is 4.98 Å². The van der Waals surface area contributed by atoms with Crippen LogP contribution in [0.2, 0.25) is 0 Å². The van der Waals surface area contributed by atoms with Gasteiger partial charge in [0.1, 0.15) is 5.75 Å². The number of hydrogen-bond acceptors (Lipinski definition) is 4. The van der Waals surface area contributed by atoms with E-state index >= 15 is 0 Å². The van der Waals surface area contributed by atoms with Crippen LogP contribution in [-0.2, 0) is 5.75 Å². The Morgan fingerprint density at radius 2 is 2.17 bits per heavy atom. The fourth-order valence-electron chi connectivity index (χ4n) is 1.49. The van der Waals surface area contributed by atoms with Gasteiger partial charge < -0.3 is 10.5 Å². The number of hydrogen-bond donors (Lipinski definition) is 1. The second-order valence-corrected chi connectivity index (χ2v) is 5.59. The summed E-state index contributed by atoms with van der Waals surface area (Å²) in [4.78, 5) is 4.26. The van der Waals surface area contributed by atoms with Gasteiger partial charge >= 0.3 is 0 Å². The number of thioether (sulfide) groups is 1. The molecule has 0 fully saturated rings. The van der Waals surface area contributed by atoms with Crippen molar-refractivity contribution in [1.29, 1.82) is 0 Å². The van der Waals surface area contributed by atoms with Crippen LogP contribution >= 0.6 is 27.7 Å². The van der Waals surface area contributed by atoms with Crippen LogP contribution in [0.15, 0.2) is 46.0 Å². The van der Waals surface area contributed by atoms with Gasteiger partial charge in [-0.1, -0.05) is 15.9 Å². The number of benzene rings is 1. The van der Waals surface area contributed by atoms with Gasteiger partial charge in [-0.3, -0.25) is 0 Å². The first-order valence-corrected chi connectivity index (χ1v) is 7.13. The van der Waals surface area contributed by atoms with Crippen molar-refractivity contribution in [2.45, 2.75) is 10.8 Å². The van der Waals surface area contributed by atoms with Gasteiger partial charge in [0.05, 0.1) is 24.0 Å². The average Bonchev–Trinajstić information content (AvgIpc) is 2.38. The quantitative estimate of drug-likeness (QED) is 0.870. The Morgan fingerprint density at radius 1 is 1.33 bits per heavy atom. The zero-order chi connectivity index (χ0) is 13.0. The molecule has 94 valence electrons. The van der Waals surface area contributed by atoms with Crippen molar-refractivity contribution in [3.05, 3.63) is 46.6 Å². The zero-order valence-corrected chi connectivity index (χ0v) is 12.3. The van der Waals surface area contributed by atoms with E-state index in [-0.39, 0.29) is 0 Å². The van der Waals surface area contributed by atoms with Gasteiger partial charge in [-0.05, 0) is 30.3 Å². The van der Waals surface area contributed by atoms with Crippen LogP contribution in [0.3, 0.4) is 0 Å². The Morgan fingerprint density at radius 3 is 2.83 bits per heavy atom. The third kappa shape index (κ3) is 3.40. The molecule has 0 unspecified atom stereocenters. The van der Waals surface area contributed by atoms with Gasteiger partial charge in [0.25, 0.3) is 0 Å². The Balaban J connectivity index is 2.09. The molecule has 3 nitrogen and oxygen atoms in total. The van der Waals surface area contributed by atoms with Crippen molar-refractivity contribution in [3.8, 4) is 5.75 Å². The summed E-state index contributed by atoms with van der Waals surface area (Å²) in [6.45, 7) is 0. The third-order valence-electron chi connectivity index (χ3n) is 2.38. The molecule has 0 bridgehead atoms. The van der Waals surface area contributed by atoms with E-state index in [2.05, 4.69) is 27.0 Å². The van der Waals surface area contributed by atoms with Gasteiger partial charge in [-0.2, -0.15) is 0 Å². The summed E-state index contributed by atoms with van der Waals surface area (Å²) in [5, 5.41) is 0.950. The molecule has 0 spiro atoms. The molecule has 1 aromatic carbocycles. The van der Waals surface area contributed by atoms with Gasteiger partial charge in [0, 0.05) is 15.8 Å². The number of ether oxygens (including phenoxy) is 1. The second kappa shape index (κ2) is 6.11. The van der Waals surface area contributed by atoms with Gasteiger partial charge in [0.2, 0.25) is 0 Å². The number of halogens is 1. The molecule has 5 heteroatoms. The molecule has 18 heavy (non-hydrogen) atoms. The molecule has 0 radical (unpaired) electrons. The van der Waals surface area contributed by atoms with Crippen LogP contribution in [0.4, 0.5) is 5.69 Å². The van der Waals surface area contributed by atoms with Gasteiger partial charge in [0.15, 0.2) is 0 Å². The molecule has 2 N–H and O–H groups in total. The highest BCUT2D eigenvalue weighted by Crippen LogP contribution is 2.29. The number of methoxy groups -OCH3 is 1. The zero-order valence-electron chi connectivity index (χ0n) is 9.89. The molecule has 0 aliphatic heterocycles. The first-order valence-electron chi connectivity index (χ1n) is 5.36. The topological polar surface area (TPSA) is 48.1 Å². The summed E-state index contributed by atoms with van der Waals surface area (Å²) in [7, 11) is 1.68. The van der Waals surface area contributed by atoms with E-state index in [0.717, 1.165) is 26.6 Å². The molecular weight excluding hydrogens is 312 g/mol. The molecule has 0 atom stereocenters. The number of pyridine rings is 1. The highest BCUT2D eigenvalue weighted by Gasteiger charge is 2.05. The maximum Gasteiger partial charge on any atom is 0.122 e. The number of nitrogens with two attached hydrogens (primary N) is 1. The first-order chi connectivity index (χ1) is 8.69. The highest BCUT2D eigenvalue weighted by atomic mass is 79.9. The summed E-state index contributed by atoms with van der Waals surface area (Å²) < 4.78 is 6.38. The Bertz CT molecular complexity index is 531. The second-order valence-electron chi connectivity index (χ2n) is 3.67. The summed E-state index contributed by atoms with van der Waals surface area (Å²) >= 11 is 5.12. The SMILES string of the molecule is COc1ccc(Br)cc1CSc1ccc(N)cn1. The van der Waals surface area contributed by atoms with Crippen LogP contribution < -0.4 is 10.5 Å². The monoisotopic (exact) mass is 324 g/mol. The molecule has 0 aliphatic rings. The summed E-state index contributed by atoms with van der Waals surface area (Å²) in [6, 6.07) is 9.76. The Kier molecular flexibility index (Phi) is 4.49. The van der Waals surface area contributed by atoms with Gasteiger partial charge in [-0.15, -0.1) is 11.8 Å². The normalized spacial score (nSPS) is 10.3. The van der Waals surface area contributed by atoms with E-state index in [4.69, 9.17) is 10.5 Å². The third-order valence-corrected chi connectivity index (χ3v) is 3.86. The standard InChI is InChI=1S/C13H13BrN2OS/c1-17-12-4-2-10(14)6-9(12)8-18-13-5-3-11(15)7-16-13/h2-7H,8,15H2,1H3. The lowest BCUT2D eigenvalue weighted by Crippen LogP contribution is -1.91. The maximum atomic E-state index is 5.60. The molecule has 1 aromatic heterocycles. The van der Waals surface area contributed by atoms with Crippen molar-refractivity contribution >= 4 is 33.4 Å². The number of aromatic nitrogens is 1. The molecule has 0 amide bonds. The van der Waals surface area contributed by atoms with Crippen LogP contribution in [-0.4, -0.2) is 12.1 Å². The van der Waals surface area contributed by atoms with E-state index in [0.29, 0.717) is 5.69 Å².